The van der Waals surface area contributed by atoms with Gasteiger partial charge in [-0.15, -0.1) is 0 Å². The number of carbonyl (C=O) groups excluding carboxylic acids is 5. The van der Waals surface area contributed by atoms with Crippen LogP contribution in [0, 0.1) is 0 Å². The highest BCUT2D eigenvalue weighted by atomic mass is 16.7. The van der Waals surface area contributed by atoms with Crippen LogP contribution in [-0.4, -0.2) is 116 Å². The number of ketones is 4. The summed E-state index contributed by atoms with van der Waals surface area (Å²) in [6.45, 7) is 2.88. The molecule has 1 saturated heterocycles. The molecule has 16 heteroatoms. The minimum atomic E-state index is -2.36. The van der Waals surface area contributed by atoms with Gasteiger partial charge in [0.25, 0.3) is 0 Å². The summed E-state index contributed by atoms with van der Waals surface area (Å²) in [6.07, 6.45) is -7.67. The van der Waals surface area contributed by atoms with E-state index in [0.29, 0.717) is 0 Å². The van der Waals surface area contributed by atoms with Crippen LogP contribution in [0.5, 0.6) is 17.2 Å². The molecule has 0 spiro atoms. The molecule has 1 fully saturated rings. The first-order valence-corrected chi connectivity index (χ1v) is 16.3. The Balaban J connectivity index is 1.46. The van der Waals surface area contributed by atoms with Crippen LogP contribution < -0.4 is 10.1 Å². The van der Waals surface area contributed by atoms with Gasteiger partial charge in [-0.3, -0.25) is 19.2 Å². The van der Waals surface area contributed by atoms with E-state index in [1.807, 2.05) is 0 Å². The number of amides is 1. The average molecular weight is 716 g/mol. The van der Waals surface area contributed by atoms with E-state index in [2.05, 4.69) is 5.32 Å². The molecular formula is C35H41NO15. The summed E-state index contributed by atoms with van der Waals surface area (Å²) in [4.78, 5) is 64.4. The Hall–Kier alpha value is -4.45. The molecule has 7 atom stereocenters. The molecule has 5 unspecified atom stereocenters. The highest BCUT2D eigenvalue weighted by molar-refractivity contribution is 6.31. The van der Waals surface area contributed by atoms with E-state index in [9.17, 15) is 54.6 Å². The van der Waals surface area contributed by atoms with Crippen molar-refractivity contribution in [3.8, 4) is 17.2 Å². The van der Waals surface area contributed by atoms with E-state index in [1.165, 1.54) is 46.1 Å². The number of Topliss-reactive ketones (excluding diaryl/α,β-unsaturated/α-hetero) is 2. The molecule has 0 bridgehead atoms. The molecule has 276 valence electrons. The minimum absolute atomic E-state index is 0.0401. The summed E-state index contributed by atoms with van der Waals surface area (Å²) in [7, 11) is 1.29. The largest absolute Gasteiger partial charge is 0.507 e. The number of hydrogen-bond donors (Lipinski definition) is 7. The first-order chi connectivity index (χ1) is 23.9. The van der Waals surface area contributed by atoms with Gasteiger partial charge in [0.05, 0.1) is 54.3 Å². The number of ether oxygens (including phenoxy) is 4. The fourth-order valence-electron chi connectivity index (χ4n) is 7.04. The summed E-state index contributed by atoms with van der Waals surface area (Å²) < 4.78 is 22.4. The Morgan fingerprint density at radius 3 is 2.43 bits per heavy atom. The predicted molar refractivity (Wildman–Crippen MR) is 173 cm³/mol. The van der Waals surface area contributed by atoms with Crippen LogP contribution in [0.2, 0.25) is 0 Å². The van der Waals surface area contributed by atoms with Gasteiger partial charge in [-0.05, 0) is 26.8 Å². The number of aromatic hydroxyl groups is 2. The second-order valence-electron chi connectivity index (χ2n) is 13.5. The molecule has 0 saturated carbocycles. The van der Waals surface area contributed by atoms with E-state index in [4.69, 9.17) is 18.9 Å². The SMILES string of the molecule is COc1cccc2c1C(=O)c1c(O)c3c(c(O)c1C2=O)C[C@@](O)(C(=O)CO)C[C@@H]3OC1CC(NC(=O)OCCC(C)(O)CC(C)=O)C(O)C(C)O1. The summed E-state index contributed by atoms with van der Waals surface area (Å²) in [5.74, 6) is -4.44. The first-order valence-electron chi connectivity index (χ1n) is 16.3. The lowest BCUT2D eigenvalue weighted by atomic mass is 9.72. The van der Waals surface area contributed by atoms with E-state index >= 15 is 0 Å². The fraction of sp³-hybridized carbons (Fsp3) is 0.514. The number of nitrogens with one attached hydrogen (secondary N) is 1. The number of benzene rings is 2. The topological polar surface area (TPSA) is 256 Å². The molecule has 1 aliphatic heterocycles. The zero-order valence-corrected chi connectivity index (χ0v) is 28.4. The standard InChI is InChI=1S/C35H41NO15/c1-15(38)11-34(3,46)8-9-49-33(45)36-19-10-23(50-16(2)28(19)40)51-21-13-35(47,22(39)14-37)12-18-25(21)32(44)27-26(30(18)42)29(41)17-6-5-7-20(48-4)24(17)31(27)43/h5-7,16,19,21,23,28,37,40,42,44,46-47H,8-14H2,1-4H3,(H,36,45)/t16?,19?,21-,23?,28?,34?,35-/m0/s1. The van der Waals surface area contributed by atoms with E-state index < -0.39 is 107 Å². The molecule has 1 amide bonds. The van der Waals surface area contributed by atoms with Crippen molar-refractivity contribution >= 4 is 29.2 Å². The molecule has 5 rings (SSSR count). The maximum absolute atomic E-state index is 13.9. The smallest absolute Gasteiger partial charge is 0.407 e. The lowest BCUT2D eigenvalue weighted by molar-refractivity contribution is -0.249. The van der Waals surface area contributed by atoms with Crippen molar-refractivity contribution in [2.45, 2.75) is 94.7 Å². The molecule has 1 heterocycles. The highest BCUT2D eigenvalue weighted by Crippen LogP contribution is 2.52. The molecule has 51 heavy (non-hydrogen) atoms. The number of carbonyl (C=O) groups is 5. The van der Waals surface area contributed by atoms with E-state index in [-0.39, 0.29) is 59.7 Å². The predicted octanol–water partition coefficient (Wildman–Crippen LogP) is 0.889. The number of hydrogen-bond acceptors (Lipinski definition) is 15. The Morgan fingerprint density at radius 1 is 1.10 bits per heavy atom. The molecule has 2 aromatic rings. The van der Waals surface area contributed by atoms with Gasteiger partial charge in [-0.1, -0.05) is 12.1 Å². The number of aliphatic hydroxyl groups excluding tert-OH is 2. The van der Waals surface area contributed by atoms with Gasteiger partial charge in [-0.25, -0.2) is 4.79 Å². The average Bonchev–Trinajstić information content (AvgIpc) is 3.05. The van der Waals surface area contributed by atoms with Crippen LogP contribution in [0.4, 0.5) is 4.79 Å². The van der Waals surface area contributed by atoms with Crippen molar-refractivity contribution in [3.05, 3.63) is 51.6 Å². The number of rotatable bonds is 11. The number of alkyl carbamates (subject to hydrolysis) is 1. The molecule has 16 nitrogen and oxygen atoms in total. The molecule has 2 aliphatic carbocycles. The Labute approximate surface area is 291 Å². The lowest BCUT2D eigenvalue weighted by Gasteiger charge is -2.42. The molecule has 0 aromatic heterocycles. The summed E-state index contributed by atoms with van der Waals surface area (Å²) in [6, 6.07) is 3.23. The number of fused-ring (bicyclic) bond motifs is 3. The zero-order valence-electron chi connectivity index (χ0n) is 28.4. The van der Waals surface area contributed by atoms with Crippen LogP contribution in [0.15, 0.2) is 18.2 Å². The van der Waals surface area contributed by atoms with Crippen molar-refractivity contribution in [1.82, 2.24) is 5.32 Å². The van der Waals surface area contributed by atoms with E-state index in [0.717, 1.165) is 0 Å². The first kappa shape index (κ1) is 37.8. The molecular weight excluding hydrogens is 674 g/mol. The van der Waals surface area contributed by atoms with Crippen molar-refractivity contribution in [2.75, 3.05) is 20.3 Å². The van der Waals surface area contributed by atoms with Crippen LogP contribution in [0.1, 0.15) is 95.5 Å². The Kier molecular flexibility index (Phi) is 10.6. The van der Waals surface area contributed by atoms with Gasteiger partial charge in [0.1, 0.15) is 41.3 Å². The van der Waals surface area contributed by atoms with Gasteiger partial charge >= 0.3 is 6.09 Å². The Bertz CT molecular complexity index is 1770. The van der Waals surface area contributed by atoms with Gasteiger partial charge < -0.3 is 54.9 Å². The van der Waals surface area contributed by atoms with Crippen molar-refractivity contribution in [1.29, 1.82) is 0 Å². The van der Waals surface area contributed by atoms with Crippen LogP contribution in [0.3, 0.4) is 0 Å². The summed E-state index contributed by atoms with van der Waals surface area (Å²) in [5, 5.41) is 68.0. The third-order valence-corrected chi connectivity index (χ3v) is 9.57. The molecule has 2 aromatic carbocycles. The zero-order chi connectivity index (χ0) is 37.6. The number of methoxy groups -OCH3 is 1. The highest BCUT2D eigenvalue weighted by Gasteiger charge is 2.50. The molecule has 3 aliphatic rings. The normalized spacial score (nSPS) is 26.6. The number of phenols is 2. The van der Waals surface area contributed by atoms with Crippen molar-refractivity contribution in [3.63, 3.8) is 0 Å². The Morgan fingerprint density at radius 2 is 1.78 bits per heavy atom. The second-order valence-corrected chi connectivity index (χ2v) is 13.5. The van der Waals surface area contributed by atoms with Gasteiger partial charge in [0.2, 0.25) is 5.78 Å². The van der Waals surface area contributed by atoms with Gasteiger partial charge in [0.15, 0.2) is 17.9 Å². The lowest BCUT2D eigenvalue weighted by Crippen LogP contribution is -2.56. The monoisotopic (exact) mass is 715 g/mol. The third kappa shape index (κ3) is 7.20. The van der Waals surface area contributed by atoms with Gasteiger partial charge in [0, 0.05) is 48.8 Å². The van der Waals surface area contributed by atoms with Gasteiger partial charge in [-0.2, -0.15) is 0 Å². The summed E-state index contributed by atoms with van der Waals surface area (Å²) in [5.41, 5.74) is -5.60. The quantitative estimate of drug-likeness (QED) is 0.136. The van der Waals surface area contributed by atoms with Crippen LogP contribution in [-0.2, 0) is 30.2 Å². The second kappa shape index (κ2) is 14.3. The molecule has 7 N–H and O–H groups in total. The fourth-order valence-corrected chi connectivity index (χ4v) is 7.04. The number of aliphatic hydroxyl groups is 4. The maximum atomic E-state index is 13.9. The molecule has 0 radical (unpaired) electrons. The van der Waals surface area contributed by atoms with Crippen LogP contribution in [0.25, 0.3) is 0 Å². The van der Waals surface area contributed by atoms with Crippen LogP contribution >= 0.6 is 0 Å². The van der Waals surface area contributed by atoms with Crippen molar-refractivity contribution in [2.24, 2.45) is 0 Å². The number of phenolic OH excluding ortho intramolecular Hbond substituents is 2. The third-order valence-electron chi connectivity index (χ3n) is 9.57. The maximum Gasteiger partial charge on any atom is 0.407 e. The van der Waals surface area contributed by atoms with Crippen molar-refractivity contribution < 1.29 is 73.6 Å². The summed E-state index contributed by atoms with van der Waals surface area (Å²) >= 11 is 0. The van der Waals surface area contributed by atoms with E-state index in [1.54, 1.807) is 0 Å². The minimum Gasteiger partial charge on any atom is -0.507 e.